The van der Waals surface area contributed by atoms with Crippen molar-refractivity contribution in [3.63, 3.8) is 0 Å². The number of anilines is 1. The Morgan fingerprint density at radius 1 is 1.12 bits per heavy atom. The molecule has 0 saturated carbocycles. The first-order valence-electron chi connectivity index (χ1n) is 13.8. The van der Waals surface area contributed by atoms with Gasteiger partial charge < -0.3 is 24.0 Å². The van der Waals surface area contributed by atoms with Gasteiger partial charge in [0.25, 0.3) is 0 Å². The molecule has 1 saturated heterocycles. The summed E-state index contributed by atoms with van der Waals surface area (Å²) in [5.74, 6) is 0.259. The van der Waals surface area contributed by atoms with Gasteiger partial charge in [-0.1, -0.05) is 12.1 Å². The van der Waals surface area contributed by atoms with Crippen molar-refractivity contribution < 1.29 is 32.9 Å². The Kier molecular flexibility index (Phi) is 9.24. The predicted octanol–water partition coefficient (Wildman–Crippen LogP) is 6.07. The Morgan fingerprint density at radius 2 is 1.83 bits per heavy atom. The minimum atomic E-state index is -0.640. The molecule has 0 bridgehead atoms. The lowest BCUT2D eigenvalue weighted by molar-refractivity contribution is -0.0224. The lowest BCUT2D eigenvalue weighted by atomic mass is 9.93. The first kappa shape index (κ1) is 30.3. The molecule has 4 rings (SSSR count). The largest absolute Gasteiger partial charge is 0.494 e. The number of carbonyl (C=O) groups is 2. The monoisotopic (exact) mass is 569 g/mol. The van der Waals surface area contributed by atoms with E-state index in [1.54, 1.807) is 25.4 Å². The summed E-state index contributed by atoms with van der Waals surface area (Å²) in [6.45, 7) is 7.60. The van der Waals surface area contributed by atoms with Crippen LogP contribution in [0.15, 0.2) is 42.6 Å². The molecule has 9 nitrogen and oxygen atoms in total. The number of aryl methyl sites for hydroxylation is 1. The van der Waals surface area contributed by atoms with Crippen LogP contribution in [0.3, 0.4) is 0 Å². The van der Waals surface area contributed by atoms with Crippen LogP contribution in [0.25, 0.3) is 10.9 Å². The zero-order valence-electron chi connectivity index (χ0n) is 24.9. The molecule has 1 fully saturated rings. The maximum Gasteiger partial charge on any atom is 0.419 e. The van der Waals surface area contributed by atoms with Crippen LogP contribution >= 0.6 is 0 Å². The SMILES string of the molecule is COC(=O)c1ccc([C@@H]2C[C@H](OCCF)CCN2N(C)c2c(OC)cc(C)c3c2ccn3C(=O)OC(C)(C)C)cc1. The van der Waals surface area contributed by atoms with Gasteiger partial charge in [-0.25, -0.2) is 19.0 Å². The van der Waals surface area contributed by atoms with Gasteiger partial charge in [-0.15, -0.1) is 0 Å². The van der Waals surface area contributed by atoms with E-state index in [1.807, 2.05) is 59.0 Å². The van der Waals surface area contributed by atoms with Crippen LogP contribution in [0.1, 0.15) is 61.1 Å². The Morgan fingerprint density at radius 3 is 2.44 bits per heavy atom. The van der Waals surface area contributed by atoms with Crippen molar-refractivity contribution in [2.45, 2.75) is 58.3 Å². The zero-order chi connectivity index (χ0) is 29.9. The second kappa shape index (κ2) is 12.5. The van der Waals surface area contributed by atoms with Crippen molar-refractivity contribution in [2.75, 3.05) is 46.1 Å². The first-order chi connectivity index (χ1) is 19.5. The lowest BCUT2D eigenvalue weighted by Crippen LogP contribution is -2.49. The molecule has 0 amide bonds. The van der Waals surface area contributed by atoms with Crippen molar-refractivity contribution in [1.82, 2.24) is 9.58 Å². The highest BCUT2D eigenvalue weighted by Crippen LogP contribution is 2.43. The number of esters is 1. The van der Waals surface area contributed by atoms with E-state index in [0.717, 1.165) is 27.7 Å². The lowest BCUT2D eigenvalue weighted by Gasteiger charge is -2.45. The minimum absolute atomic E-state index is 0.0547. The molecule has 0 aliphatic carbocycles. The van der Waals surface area contributed by atoms with E-state index in [2.05, 4.69) is 10.0 Å². The van der Waals surface area contributed by atoms with E-state index < -0.39 is 24.3 Å². The summed E-state index contributed by atoms with van der Waals surface area (Å²) in [6, 6.07) is 11.0. The molecule has 0 unspecified atom stereocenters. The summed E-state index contributed by atoms with van der Waals surface area (Å²) in [5.41, 5.74) is 3.21. The average molecular weight is 570 g/mol. The summed E-state index contributed by atoms with van der Waals surface area (Å²) < 4.78 is 36.7. The van der Waals surface area contributed by atoms with Crippen LogP contribution < -0.4 is 9.75 Å². The number of aromatic nitrogens is 1. The Balaban J connectivity index is 1.77. The van der Waals surface area contributed by atoms with Crippen molar-refractivity contribution in [3.05, 3.63) is 59.3 Å². The van der Waals surface area contributed by atoms with Gasteiger partial charge in [0.2, 0.25) is 0 Å². The van der Waals surface area contributed by atoms with Crippen LogP contribution in [-0.2, 0) is 14.2 Å². The van der Waals surface area contributed by atoms with E-state index >= 15 is 0 Å². The number of piperidine rings is 1. The topological polar surface area (TPSA) is 82.5 Å². The zero-order valence-corrected chi connectivity index (χ0v) is 24.9. The number of ether oxygens (including phenoxy) is 4. The summed E-state index contributed by atoms with van der Waals surface area (Å²) in [5, 5.41) is 5.12. The molecule has 0 spiro atoms. The summed E-state index contributed by atoms with van der Waals surface area (Å²) >= 11 is 0. The quantitative estimate of drug-likeness (QED) is 0.302. The number of rotatable bonds is 8. The van der Waals surface area contributed by atoms with Gasteiger partial charge in [-0.05, 0) is 75.9 Å². The Labute approximate surface area is 240 Å². The van der Waals surface area contributed by atoms with Gasteiger partial charge in [0.05, 0.1) is 44.1 Å². The van der Waals surface area contributed by atoms with Crippen molar-refractivity contribution >= 4 is 28.7 Å². The van der Waals surface area contributed by atoms with Crippen molar-refractivity contribution in [3.8, 4) is 5.75 Å². The van der Waals surface area contributed by atoms with Crippen LogP contribution in [-0.4, -0.2) is 74.4 Å². The molecular weight excluding hydrogens is 529 g/mol. The van der Waals surface area contributed by atoms with E-state index in [1.165, 1.54) is 11.7 Å². The number of carbonyl (C=O) groups excluding carboxylic acids is 2. The maximum atomic E-state index is 13.1. The number of hydrogen-bond donors (Lipinski definition) is 0. The van der Waals surface area contributed by atoms with Crippen LogP contribution in [0, 0.1) is 6.92 Å². The highest BCUT2D eigenvalue weighted by Gasteiger charge is 2.35. The van der Waals surface area contributed by atoms with Gasteiger partial charge in [-0.2, -0.15) is 0 Å². The average Bonchev–Trinajstić information content (AvgIpc) is 3.40. The molecule has 2 heterocycles. The third-order valence-electron chi connectivity index (χ3n) is 7.29. The molecule has 3 aromatic rings. The predicted molar refractivity (Wildman–Crippen MR) is 155 cm³/mol. The normalized spacial score (nSPS) is 17.9. The van der Waals surface area contributed by atoms with E-state index in [4.69, 9.17) is 18.9 Å². The van der Waals surface area contributed by atoms with Gasteiger partial charge in [-0.3, -0.25) is 4.57 Å². The number of nitrogens with zero attached hydrogens (tertiary/aromatic N) is 3. The summed E-state index contributed by atoms with van der Waals surface area (Å²) in [7, 11) is 4.95. The number of benzene rings is 2. The van der Waals surface area contributed by atoms with Crippen LogP contribution in [0.4, 0.5) is 14.9 Å². The van der Waals surface area contributed by atoms with Gasteiger partial charge in [0, 0.05) is 25.2 Å². The molecule has 41 heavy (non-hydrogen) atoms. The fourth-order valence-electron chi connectivity index (χ4n) is 5.48. The fourth-order valence-corrected chi connectivity index (χ4v) is 5.48. The molecule has 0 N–H and O–H groups in total. The third-order valence-corrected chi connectivity index (χ3v) is 7.29. The molecule has 222 valence electrons. The molecule has 1 aromatic heterocycles. The highest BCUT2D eigenvalue weighted by molar-refractivity contribution is 6.01. The molecule has 1 aliphatic rings. The first-order valence-corrected chi connectivity index (χ1v) is 13.8. The molecule has 10 heteroatoms. The number of hydrogen-bond acceptors (Lipinski definition) is 8. The van der Waals surface area contributed by atoms with Gasteiger partial charge in [0.1, 0.15) is 23.7 Å². The smallest absolute Gasteiger partial charge is 0.419 e. The molecular formula is C31H40FN3O6. The summed E-state index contributed by atoms with van der Waals surface area (Å²) in [6.07, 6.45) is 2.48. The molecule has 2 aromatic carbocycles. The van der Waals surface area contributed by atoms with Crippen molar-refractivity contribution in [2.24, 2.45) is 0 Å². The number of alkyl halides is 1. The van der Waals surface area contributed by atoms with E-state index in [0.29, 0.717) is 30.7 Å². The highest BCUT2D eigenvalue weighted by atomic mass is 19.1. The van der Waals surface area contributed by atoms with Crippen LogP contribution in [0.5, 0.6) is 5.75 Å². The third kappa shape index (κ3) is 6.49. The molecule has 1 aliphatic heterocycles. The minimum Gasteiger partial charge on any atom is -0.494 e. The molecule has 2 atom stereocenters. The van der Waals surface area contributed by atoms with Crippen LogP contribution in [0.2, 0.25) is 0 Å². The van der Waals surface area contributed by atoms with E-state index in [-0.39, 0.29) is 18.8 Å². The number of hydrazine groups is 1. The van der Waals surface area contributed by atoms with Gasteiger partial charge >= 0.3 is 12.1 Å². The van der Waals surface area contributed by atoms with E-state index in [9.17, 15) is 14.0 Å². The maximum absolute atomic E-state index is 13.1. The fraction of sp³-hybridized carbons (Fsp3) is 0.484. The number of halogens is 1. The summed E-state index contributed by atoms with van der Waals surface area (Å²) in [4.78, 5) is 25.1. The standard InChI is InChI=1S/C31H40FN3O6/c1-20-18-26(38-6)28(24-13-15-34(27(20)24)30(37)41-31(2,3)4)33(5)35-16-12-23(40-17-14-32)19-25(35)21-8-10-22(11-9-21)29(36)39-7/h8-11,13,15,18,23,25H,12,14,16-17,19H2,1-7H3/t23-,25+/m1/s1. The Hall–Kier alpha value is -3.63. The second-order valence-corrected chi connectivity index (χ2v) is 11.2. The van der Waals surface area contributed by atoms with Crippen molar-refractivity contribution in [1.29, 1.82) is 0 Å². The number of methoxy groups -OCH3 is 2. The molecule has 0 radical (unpaired) electrons. The number of fused-ring (bicyclic) bond motifs is 1. The second-order valence-electron chi connectivity index (χ2n) is 11.2. The Bertz CT molecular complexity index is 1380. The van der Waals surface area contributed by atoms with Gasteiger partial charge in [0.15, 0.2) is 0 Å².